The number of unbranched alkanes of at least 4 members (excludes halogenated alkanes) is 1. The maximum absolute atomic E-state index is 10.9. The van der Waals surface area contributed by atoms with Crippen LogP contribution in [0, 0.1) is 0 Å². The van der Waals surface area contributed by atoms with Gasteiger partial charge in [-0.15, -0.1) is 0 Å². The predicted octanol–water partition coefficient (Wildman–Crippen LogP) is 3.99. The second kappa shape index (κ2) is 4.93. The van der Waals surface area contributed by atoms with Crippen LogP contribution in [0.2, 0.25) is 0 Å². The van der Waals surface area contributed by atoms with Crippen molar-refractivity contribution in [1.29, 1.82) is 0 Å². The Labute approximate surface area is 96.1 Å². The van der Waals surface area contributed by atoms with Gasteiger partial charge in [0.15, 0.2) is 6.29 Å². The smallest absolute Gasteiger partial charge is 0.150 e. The molecule has 16 heavy (non-hydrogen) atoms. The van der Waals surface area contributed by atoms with Crippen LogP contribution in [-0.2, 0) is 6.42 Å². The molecule has 0 aliphatic heterocycles. The molecule has 2 rings (SSSR count). The number of benzene rings is 2. The molecule has 0 unspecified atom stereocenters. The number of hydrogen-bond donors (Lipinski definition) is 0. The van der Waals surface area contributed by atoms with Gasteiger partial charge in [0, 0.05) is 5.56 Å². The third-order valence-corrected chi connectivity index (χ3v) is 2.97. The van der Waals surface area contributed by atoms with Crippen molar-refractivity contribution in [3.63, 3.8) is 0 Å². The van der Waals surface area contributed by atoms with Crippen LogP contribution in [-0.4, -0.2) is 6.29 Å². The number of carbonyl (C=O) groups is 1. The van der Waals surface area contributed by atoms with Gasteiger partial charge < -0.3 is 0 Å². The summed E-state index contributed by atoms with van der Waals surface area (Å²) in [6.45, 7) is 2.20. The SMILES string of the molecule is CCCCc1cccc2c(C=O)cccc12. The van der Waals surface area contributed by atoms with Gasteiger partial charge in [-0.3, -0.25) is 4.79 Å². The minimum absolute atomic E-state index is 0.788. The Morgan fingerprint density at radius 1 is 1.06 bits per heavy atom. The van der Waals surface area contributed by atoms with Crippen LogP contribution in [0.15, 0.2) is 36.4 Å². The number of aldehydes is 1. The number of carbonyl (C=O) groups excluding carboxylic acids is 1. The standard InChI is InChI=1S/C15H16O/c1-2-3-6-12-7-4-10-15-13(11-16)8-5-9-14(12)15/h4-5,7-11H,2-3,6H2,1H3. The summed E-state index contributed by atoms with van der Waals surface area (Å²) in [5, 5.41) is 2.30. The fraction of sp³-hybridized carbons (Fsp3) is 0.267. The van der Waals surface area contributed by atoms with Gasteiger partial charge in [0.05, 0.1) is 0 Å². The van der Waals surface area contributed by atoms with Crippen LogP contribution in [0.5, 0.6) is 0 Å². The van der Waals surface area contributed by atoms with Crippen LogP contribution in [0.25, 0.3) is 10.8 Å². The summed E-state index contributed by atoms with van der Waals surface area (Å²) >= 11 is 0. The first-order chi connectivity index (χ1) is 7.86. The van der Waals surface area contributed by atoms with E-state index in [4.69, 9.17) is 0 Å². The van der Waals surface area contributed by atoms with E-state index in [1.54, 1.807) is 0 Å². The minimum Gasteiger partial charge on any atom is -0.298 e. The van der Waals surface area contributed by atoms with Gasteiger partial charge in [-0.2, -0.15) is 0 Å². The Morgan fingerprint density at radius 3 is 2.56 bits per heavy atom. The molecule has 2 aromatic rings. The molecule has 0 aliphatic carbocycles. The van der Waals surface area contributed by atoms with Crippen molar-refractivity contribution >= 4 is 17.1 Å². The Hall–Kier alpha value is -1.63. The van der Waals surface area contributed by atoms with Gasteiger partial charge in [0.25, 0.3) is 0 Å². The number of hydrogen-bond acceptors (Lipinski definition) is 1. The molecule has 0 spiro atoms. The van der Waals surface area contributed by atoms with Gasteiger partial charge in [-0.05, 0) is 29.2 Å². The van der Waals surface area contributed by atoms with E-state index in [1.165, 1.54) is 23.8 Å². The van der Waals surface area contributed by atoms with Crippen molar-refractivity contribution in [3.05, 3.63) is 47.5 Å². The largest absolute Gasteiger partial charge is 0.298 e. The second-order valence-electron chi connectivity index (χ2n) is 4.08. The van der Waals surface area contributed by atoms with Crippen molar-refractivity contribution in [2.24, 2.45) is 0 Å². The highest BCUT2D eigenvalue weighted by molar-refractivity contribution is 5.99. The number of aryl methyl sites for hydroxylation is 1. The van der Waals surface area contributed by atoms with E-state index in [-0.39, 0.29) is 0 Å². The lowest BCUT2D eigenvalue weighted by atomic mass is 9.97. The van der Waals surface area contributed by atoms with E-state index >= 15 is 0 Å². The molecule has 0 aromatic heterocycles. The van der Waals surface area contributed by atoms with Gasteiger partial charge in [0.1, 0.15) is 0 Å². The van der Waals surface area contributed by atoms with Crippen molar-refractivity contribution in [2.75, 3.05) is 0 Å². The molecule has 2 aromatic carbocycles. The van der Waals surface area contributed by atoms with Crippen molar-refractivity contribution in [1.82, 2.24) is 0 Å². The van der Waals surface area contributed by atoms with E-state index in [0.717, 1.165) is 23.7 Å². The zero-order valence-electron chi connectivity index (χ0n) is 9.57. The fourth-order valence-electron chi connectivity index (χ4n) is 2.09. The lowest BCUT2D eigenvalue weighted by Crippen LogP contribution is -1.89. The number of rotatable bonds is 4. The summed E-state index contributed by atoms with van der Waals surface area (Å²) in [6.07, 6.45) is 4.43. The van der Waals surface area contributed by atoms with Crippen LogP contribution >= 0.6 is 0 Å². The number of fused-ring (bicyclic) bond motifs is 1. The molecule has 0 aliphatic rings. The van der Waals surface area contributed by atoms with Crippen LogP contribution in [0.4, 0.5) is 0 Å². The lowest BCUT2D eigenvalue weighted by molar-refractivity contribution is 0.112. The first-order valence-corrected chi connectivity index (χ1v) is 5.82. The molecule has 0 bridgehead atoms. The van der Waals surface area contributed by atoms with Crippen molar-refractivity contribution < 1.29 is 4.79 Å². The van der Waals surface area contributed by atoms with E-state index in [1.807, 2.05) is 24.3 Å². The van der Waals surface area contributed by atoms with Crippen LogP contribution in [0.1, 0.15) is 35.7 Å². The van der Waals surface area contributed by atoms with Crippen LogP contribution < -0.4 is 0 Å². The lowest BCUT2D eigenvalue weighted by Gasteiger charge is -2.07. The third-order valence-electron chi connectivity index (χ3n) is 2.97. The highest BCUT2D eigenvalue weighted by Gasteiger charge is 2.03. The van der Waals surface area contributed by atoms with Gasteiger partial charge in [-0.25, -0.2) is 0 Å². The Bertz CT molecular complexity index is 500. The molecule has 0 N–H and O–H groups in total. The maximum atomic E-state index is 10.9. The summed E-state index contributed by atoms with van der Waals surface area (Å²) in [4.78, 5) is 10.9. The average molecular weight is 212 g/mol. The Balaban J connectivity index is 2.55. The zero-order valence-corrected chi connectivity index (χ0v) is 9.57. The molecule has 0 atom stereocenters. The molecule has 82 valence electrons. The Morgan fingerprint density at radius 2 is 1.81 bits per heavy atom. The summed E-state index contributed by atoms with van der Waals surface area (Å²) < 4.78 is 0. The van der Waals surface area contributed by atoms with Gasteiger partial charge in [-0.1, -0.05) is 49.7 Å². The molecule has 0 saturated heterocycles. The van der Waals surface area contributed by atoms with Gasteiger partial charge in [0.2, 0.25) is 0 Å². The molecule has 1 heteroatoms. The average Bonchev–Trinajstić information content (AvgIpc) is 2.35. The summed E-state index contributed by atoms with van der Waals surface area (Å²) in [7, 11) is 0. The summed E-state index contributed by atoms with van der Waals surface area (Å²) in [5.74, 6) is 0. The van der Waals surface area contributed by atoms with Gasteiger partial charge >= 0.3 is 0 Å². The van der Waals surface area contributed by atoms with Crippen molar-refractivity contribution in [3.8, 4) is 0 Å². The molecule has 0 heterocycles. The molecular weight excluding hydrogens is 196 g/mol. The van der Waals surface area contributed by atoms with E-state index < -0.39 is 0 Å². The molecule has 0 fully saturated rings. The zero-order chi connectivity index (χ0) is 11.4. The monoisotopic (exact) mass is 212 g/mol. The molecular formula is C15H16O. The maximum Gasteiger partial charge on any atom is 0.150 e. The van der Waals surface area contributed by atoms with Crippen LogP contribution in [0.3, 0.4) is 0 Å². The normalized spacial score (nSPS) is 10.6. The minimum atomic E-state index is 0.788. The fourth-order valence-corrected chi connectivity index (χ4v) is 2.09. The van der Waals surface area contributed by atoms with E-state index in [2.05, 4.69) is 19.1 Å². The van der Waals surface area contributed by atoms with E-state index in [9.17, 15) is 4.79 Å². The summed E-state index contributed by atoms with van der Waals surface area (Å²) in [6, 6.07) is 12.2. The topological polar surface area (TPSA) is 17.1 Å². The highest BCUT2D eigenvalue weighted by Crippen LogP contribution is 2.22. The second-order valence-corrected chi connectivity index (χ2v) is 4.08. The first kappa shape index (κ1) is 10.9. The molecule has 0 radical (unpaired) electrons. The highest BCUT2D eigenvalue weighted by atomic mass is 16.1. The Kier molecular flexibility index (Phi) is 3.35. The predicted molar refractivity (Wildman–Crippen MR) is 67.9 cm³/mol. The quantitative estimate of drug-likeness (QED) is 0.700. The molecule has 0 saturated carbocycles. The molecule has 1 nitrogen and oxygen atoms in total. The van der Waals surface area contributed by atoms with Crippen molar-refractivity contribution in [2.45, 2.75) is 26.2 Å². The van der Waals surface area contributed by atoms with E-state index in [0.29, 0.717) is 0 Å². The third kappa shape index (κ3) is 1.99. The molecule has 0 amide bonds. The summed E-state index contributed by atoms with van der Waals surface area (Å²) in [5.41, 5.74) is 2.14. The first-order valence-electron chi connectivity index (χ1n) is 5.82.